The van der Waals surface area contributed by atoms with Crippen molar-refractivity contribution in [3.63, 3.8) is 0 Å². The molecule has 49 heavy (non-hydrogen) atoms. The van der Waals surface area contributed by atoms with Crippen LogP contribution < -0.4 is 15.5 Å². The lowest BCUT2D eigenvalue weighted by molar-refractivity contribution is -0.146. The molecule has 0 bridgehead atoms. The third kappa shape index (κ3) is 8.71. The van der Waals surface area contributed by atoms with Crippen LogP contribution in [0, 0.1) is 0 Å². The number of benzene rings is 2. The molecule has 1 aliphatic rings. The SMILES string of the molecule is O=C(C[C@@H](C(=O)Nc1cc(Nc2cnccn2)nc(-c2ccnc(N3CCN(C(=O)O)CC3)c2)c1)c1ccccc1)OCc1ccccc1. The first-order valence-corrected chi connectivity index (χ1v) is 15.7. The van der Waals surface area contributed by atoms with E-state index in [0.717, 1.165) is 11.1 Å². The second kappa shape index (κ2) is 15.5. The highest BCUT2D eigenvalue weighted by atomic mass is 16.5. The van der Waals surface area contributed by atoms with E-state index in [2.05, 4.69) is 25.6 Å². The van der Waals surface area contributed by atoms with Crippen LogP contribution in [0.15, 0.2) is 110 Å². The topological polar surface area (TPSA) is 163 Å². The Morgan fingerprint density at radius 3 is 2.31 bits per heavy atom. The monoisotopic (exact) mass is 658 g/mol. The predicted octanol–water partition coefficient (Wildman–Crippen LogP) is 5.33. The third-order valence-electron chi connectivity index (χ3n) is 7.96. The first-order valence-electron chi connectivity index (χ1n) is 15.7. The Kier molecular flexibility index (Phi) is 10.3. The molecule has 2 amide bonds. The summed E-state index contributed by atoms with van der Waals surface area (Å²) in [4.78, 5) is 59.4. The average Bonchev–Trinajstić information content (AvgIpc) is 3.14. The van der Waals surface area contributed by atoms with Crippen molar-refractivity contribution in [1.82, 2.24) is 24.8 Å². The van der Waals surface area contributed by atoms with Crippen LogP contribution in [0.3, 0.4) is 0 Å². The maximum absolute atomic E-state index is 13.9. The Bertz CT molecular complexity index is 1890. The lowest BCUT2D eigenvalue weighted by Crippen LogP contribution is -2.48. The van der Waals surface area contributed by atoms with Crippen LogP contribution in [0.2, 0.25) is 0 Å². The van der Waals surface area contributed by atoms with Gasteiger partial charge in [-0.15, -0.1) is 0 Å². The van der Waals surface area contributed by atoms with Gasteiger partial charge in [0.05, 0.1) is 24.2 Å². The van der Waals surface area contributed by atoms with E-state index in [1.165, 1.54) is 4.90 Å². The van der Waals surface area contributed by atoms with Gasteiger partial charge in [-0.1, -0.05) is 60.7 Å². The number of piperazine rings is 1. The second-order valence-electron chi connectivity index (χ2n) is 11.3. The number of hydrogen-bond donors (Lipinski definition) is 3. The molecule has 13 heteroatoms. The molecule has 0 radical (unpaired) electrons. The molecule has 1 saturated heterocycles. The number of carbonyl (C=O) groups is 3. The van der Waals surface area contributed by atoms with E-state index in [0.29, 0.717) is 60.6 Å². The summed E-state index contributed by atoms with van der Waals surface area (Å²) in [5.74, 6) is -0.173. The van der Waals surface area contributed by atoms with Crippen LogP contribution >= 0.6 is 0 Å². The lowest BCUT2D eigenvalue weighted by Gasteiger charge is -2.33. The van der Waals surface area contributed by atoms with Gasteiger partial charge in [0.2, 0.25) is 5.91 Å². The number of pyridine rings is 2. The van der Waals surface area contributed by atoms with Crippen molar-refractivity contribution in [2.24, 2.45) is 0 Å². The van der Waals surface area contributed by atoms with Gasteiger partial charge in [-0.2, -0.15) is 0 Å². The zero-order valence-corrected chi connectivity index (χ0v) is 26.5. The fourth-order valence-corrected chi connectivity index (χ4v) is 5.43. The Hall–Kier alpha value is -6.37. The third-order valence-corrected chi connectivity index (χ3v) is 7.96. The van der Waals surface area contributed by atoms with Crippen molar-refractivity contribution in [3.05, 3.63) is 121 Å². The summed E-state index contributed by atoms with van der Waals surface area (Å²) in [7, 11) is 0. The minimum atomic E-state index is -0.939. The number of amides is 2. The predicted molar refractivity (Wildman–Crippen MR) is 183 cm³/mol. The van der Waals surface area contributed by atoms with Gasteiger partial charge in [-0.3, -0.25) is 14.6 Å². The van der Waals surface area contributed by atoms with Gasteiger partial charge in [-0.05, 0) is 29.3 Å². The Morgan fingerprint density at radius 2 is 1.59 bits per heavy atom. The van der Waals surface area contributed by atoms with Crippen LogP contribution in [0.25, 0.3) is 11.3 Å². The van der Waals surface area contributed by atoms with Gasteiger partial charge in [-0.25, -0.2) is 19.7 Å². The Balaban J connectivity index is 1.26. The number of carbonyl (C=O) groups excluding carboxylic acids is 2. The number of anilines is 4. The number of carboxylic acid groups (broad SMARTS) is 1. The lowest BCUT2D eigenvalue weighted by atomic mass is 9.94. The highest BCUT2D eigenvalue weighted by Gasteiger charge is 2.26. The van der Waals surface area contributed by atoms with Gasteiger partial charge >= 0.3 is 12.1 Å². The molecule has 3 N–H and O–H groups in total. The van der Waals surface area contributed by atoms with Crippen LogP contribution in [0.4, 0.5) is 27.9 Å². The highest BCUT2D eigenvalue weighted by molar-refractivity contribution is 5.98. The number of nitrogens with one attached hydrogen (secondary N) is 2. The molecular weight excluding hydrogens is 624 g/mol. The zero-order chi connectivity index (χ0) is 34.0. The van der Waals surface area contributed by atoms with E-state index < -0.39 is 23.9 Å². The smallest absolute Gasteiger partial charge is 0.407 e. The summed E-state index contributed by atoms with van der Waals surface area (Å²) in [5, 5.41) is 15.5. The highest BCUT2D eigenvalue weighted by Crippen LogP contribution is 2.29. The number of esters is 1. The second-order valence-corrected chi connectivity index (χ2v) is 11.3. The Labute approximate surface area is 282 Å². The maximum Gasteiger partial charge on any atom is 0.407 e. The number of hydrogen-bond acceptors (Lipinski definition) is 10. The van der Waals surface area contributed by atoms with Gasteiger partial charge in [0.25, 0.3) is 0 Å². The van der Waals surface area contributed by atoms with Crippen molar-refractivity contribution in [3.8, 4) is 11.3 Å². The number of nitrogens with zero attached hydrogens (tertiary/aromatic N) is 6. The van der Waals surface area contributed by atoms with Crippen molar-refractivity contribution in [2.45, 2.75) is 18.9 Å². The molecule has 0 spiro atoms. The van der Waals surface area contributed by atoms with Gasteiger partial charge in [0.1, 0.15) is 24.1 Å². The van der Waals surface area contributed by atoms with Gasteiger partial charge in [0.15, 0.2) is 0 Å². The van der Waals surface area contributed by atoms with E-state index in [1.807, 2.05) is 77.7 Å². The quantitative estimate of drug-likeness (QED) is 0.157. The largest absolute Gasteiger partial charge is 0.465 e. The van der Waals surface area contributed by atoms with Crippen LogP contribution in [-0.2, 0) is 20.9 Å². The summed E-state index contributed by atoms with van der Waals surface area (Å²) >= 11 is 0. The van der Waals surface area contributed by atoms with E-state index >= 15 is 0 Å². The van der Waals surface area contributed by atoms with Crippen molar-refractivity contribution < 1.29 is 24.2 Å². The molecular formula is C36H34N8O5. The molecule has 0 aliphatic carbocycles. The van der Waals surface area contributed by atoms with Crippen molar-refractivity contribution in [2.75, 3.05) is 41.7 Å². The fourth-order valence-electron chi connectivity index (χ4n) is 5.43. The summed E-state index contributed by atoms with van der Waals surface area (Å²) in [6, 6.07) is 25.6. The van der Waals surface area contributed by atoms with Crippen LogP contribution in [0.1, 0.15) is 23.5 Å². The number of rotatable bonds is 11. The summed E-state index contributed by atoms with van der Waals surface area (Å²) < 4.78 is 5.53. The van der Waals surface area contributed by atoms with Gasteiger partial charge in [0, 0.05) is 62.1 Å². The molecule has 2 aromatic carbocycles. The fraction of sp³-hybridized carbons (Fsp3) is 0.194. The van der Waals surface area contributed by atoms with E-state index in [4.69, 9.17) is 9.72 Å². The molecule has 4 heterocycles. The summed E-state index contributed by atoms with van der Waals surface area (Å²) in [6.07, 6.45) is 5.24. The molecule has 5 aromatic rings. The molecule has 13 nitrogen and oxygen atoms in total. The minimum absolute atomic E-state index is 0.108. The summed E-state index contributed by atoms with van der Waals surface area (Å²) in [5.41, 5.74) is 3.23. The Morgan fingerprint density at radius 1 is 0.837 bits per heavy atom. The molecule has 248 valence electrons. The van der Waals surface area contributed by atoms with Gasteiger partial charge < -0.3 is 30.3 Å². The standard InChI is InChI=1S/C36H34N8O5/c45-34(49-24-25-7-3-1-4-8-25)22-29(26-9-5-2-6-10-26)35(46)40-28-20-30(41-31(21-28)42-32-23-37-13-14-38-32)27-11-12-39-33(19-27)43-15-17-44(18-16-43)36(47)48/h1-14,19-21,23,29H,15-18,22,24H2,(H,47,48)(H2,38,40,41,42,46)/t29-/m1/s1. The summed E-state index contributed by atoms with van der Waals surface area (Å²) in [6.45, 7) is 1.85. The first-order chi connectivity index (χ1) is 23.9. The molecule has 1 fully saturated rings. The number of aromatic nitrogens is 4. The zero-order valence-electron chi connectivity index (χ0n) is 26.5. The van der Waals surface area contributed by atoms with Crippen molar-refractivity contribution in [1.29, 1.82) is 0 Å². The molecule has 1 aliphatic heterocycles. The number of ether oxygens (including phenoxy) is 1. The molecule has 3 aromatic heterocycles. The minimum Gasteiger partial charge on any atom is -0.465 e. The first kappa shape index (κ1) is 32.6. The molecule has 0 saturated carbocycles. The normalized spacial score (nSPS) is 13.3. The van der Waals surface area contributed by atoms with E-state index in [9.17, 15) is 19.5 Å². The van der Waals surface area contributed by atoms with E-state index in [1.54, 1.807) is 36.9 Å². The average molecular weight is 659 g/mol. The van der Waals surface area contributed by atoms with Crippen molar-refractivity contribution >= 4 is 41.1 Å². The molecule has 6 rings (SSSR count). The maximum atomic E-state index is 13.9. The van der Waals surface area contributed by atoms with Crippen LogP contribution in [-0.4, -0.2) is 74.1 Å². The van der Waals surface area contributed by atoms with E-state index in [-0.39, 0.29) is 13.0 Å². The molecule has 1 atom stereocenters. The van der Waals surface area contributed by atoms with Crippen LogP contribution in [0.5, 0.6) is 0 Å². The molecule has 0 unspecified atom stereocenters.